The first-order valence-corrected chi connectivity index (χ1v) is 6.89. The van der Waals surface area contributed by atoms with Gasteiger partial charge in [0.1, 0.15) is 0 Å². The summed E-state index contributed by atoms with van der Waals surface area (Å²) in [7, 11) is 0. The number of nitrogens with zero attached hydrogens (tertiary/aromatic N) is 2. The molecule has 1 aromatic carbocycles. The minimum absolute atomic E-state index is 0.311. The molecule has 1 heterocycles. The van der Waals surface area contributed by atoms with E-state index < -0.39 is 11.7 Å². The molecule has 1 aromatic heterocycles. The maximum absolute atomic E-state index is 12.8. The van der Waals surface area contributed by atoms with Crippen LogP contribution in [0.25, 0.3) is 5.69 Å². The molecule has 7 heteroatoms. The van der Waals surface area contributed by atoms with E-state index in [1.54, 1.807) is 19.9 Å². The van der Waals surface area contributed by atoms with E-state index in [1.807, 2.05) is 0 Å². The zero-order valence-electron chi connectivity index (χ0n) is 12.7. The molecule has 23 heavy (non-hydrogen) atoms. The molecule has 4 nitrogen and oxygen atoms in total. The smallest absolute Gasteiger partial charge is 0.346 e. The summed E-state index contributed by atoms with van der Waals surface area (Å²) in [6.45, 7) is 6.88. The molecule has 0 bridgehead atoms. The van der Waals surface area contributed by atoms with Crippen LogP contribution >= 0.6 is 0 Å². The maximum Gasteiger partial charge on any atom is 0.416 e. The molecule has 0 fully saturated rings. The maximum atomic E-state index is 12.8. The van der Waals surface area contributed by atoms with Crippen molar-refractivity contribution in [2.45, 2.75) is 26.1 Å². The first-order chi connectivity index (χ1) is 10.7. The summed E-state index contributed by atoms with van der Waals surface area (Å²) >= 11 is 0. The lowest BCUT2D eigenvalue weighted by Crippen LogP contribution is -2.24. The van der Waals surface area contributed by atoms with E-state index in [0.29, 0.717) is 11.4 Å². The Morgan fingerprint density at radius 1 is 1.43 bits per heavy atom. The standard InChI is InChI=1S/C16H16F3N3O/c1-4-15(23)21-10(2)14-9-20-22(11(14)3)13-7-5-6-12(8-13)16(17,18)19/h4-10H,1H2,2-3H3,(H,21,23). The summed E-state index contributed by atoms with van der Waals surface area (Å²) in [4.78, 5) is 11.4. The number of hydrogen-bond donors (Lipinski definition) is 1. The van der Waals surface area contributed by atoms with Crippen molar-refractivity contribution < 1.29 is 18.0 Å². The molecule has 0 aliphatic heterocycles. The molecule has 1 unspecified atom stereocenters. The van der Waals surface area contributed by atoms with Gasteiger partial charge < -0.3 is 5.32 Å². The number of benzene rings is 1. The van der Waals surface area contributed by atoms with E-state index in [2.05, 4.69) is 17.0 Å². The molecule has 0 aliphatic carbocycles. The van der Waals surface area contributed by atoms with Crippen LogP contribution in [0.5, 0.6) is 0 Å². The lowest BCUT2D eigenvalue weighted by Gasteiger charge is -2.13. The number of hydrogen-bond acceptors (Lipinski definition) is 2. The Labute approximate surface area is 131 Å². The Kier molecular flexibility index (Phi) is 4.58. The molecule has 0 radical (unpaired) electrons. The number of carbonyl (C=O) groups excluding carboxylic acids is 1. The largest absolute Gasteiger partial charge is 0.416 e. The molecule has 1 amide bonds. The first-order valence-electron chi connectivity index (χ1n) is 6.89. The third-order valence-electron chi connectivity index (χ3n) is 3.48. The van der Waals surface area contributed by atoms with Crippen LogP contribution in [0.2, 0.25) is 0 Å². The van der Waals surface area contributed by atoms with Gasteiger partial charge >= 0.3 is 6.18 Å². The van der Waals surface area contributed by atoms with Crippen molar-refractivity contribution in [3.63, 3.8) is 0 Å². The van der Waals surface area contributed by atoms with E-state index >= 15 is 0 Å². The molecular formula is C16H16F3N3O. The zero-order valence-corrected chi connectivity index (χ0v) is 12.7. The average molecular weight is 323 g/mol. The number of alkyl halides is 3. The Hall–Kier alpha value is -2.57. The highest BCUT2D eigenvalue weighted by Gasteiger charge is 2.30. The van der Waals surface area contributed by atoms with Crippen molar-refractivity contribution in [2.75, 3.05) is 0 Å². The summed E-state index contributed by atoms with van der Waals surface area (Å²) in [5.74, 6) is -0.330. The lowest BCUT2D eigenvalue weighted by atomic mass is 10.1. The molecule has 0 saturated carbocycles. The fourth-order valence-corrected chi connectivity index (χ4v) is 2.27. The van der Waals surface area contributed by atoms with Gasteiger partial charge in [0.2, 0.25) is 5.91 Å². The van der Waals surface area contributed by atoms with Crippen LogP contribution in [0, 0.1) is 6.92 Å². The Bertz CT molecular complexity index is 734. The Morgan fingerprint density at radius 2 is 2.13 bits per heavy atom. The van der Waals surface area contributed by atoms with Gasteiger partial charge in [0.15, 0.2) is 0 Å². The molecule has 0 saturated heterocycles. The Morgan fingerprint density at radius 3 is 2.74 bits per heavy atom. The lowest BCUT2D eigenvalue weighted by molar-refractivity contribution is -0.137. The first kappa shape index (κ1) is 16.8. The molecular weight excluding hydrogens is 307 g/mol. The second kappa shape index (κ2) is 6.28. The second-order valence-corrected chi connectivity index (χ2v) is 5.08. The number of amides is 1. The van der Waals surface area contributed by atoms with E-state index in [4.69, 9.17) is 0 Å². The highest BCUT2D eigenvalue weighted by Crippen LogP contribution is 2.30. The number of aromatic nitrogens is 2. The summed E-state index contributed by atoms with van der Waals surface area (Å²) < 4.78 is 39.9. The molecule has 1 atom stereocenters. The van der Waals surface area contributed by atoms with Gasteiger partial charge in [-0.3, -0.25) is 4.79 Å². The van der Waals surface area contributed by atoms with Crippen LogP contribution in [0.15, 0.2) is 43.1 Å². The molecule has 2 aromatic rings. The average Bonchev–Trinajstić information content (AvgIpc) is 2.88. The van der Waals surface area contributed by atoms with Crippen LogP contribution in [-0.2, 0) is 11.0 Å². The van der Waals surface area contributed by atoms with Crippen molar-refractivity contribution in [3.05, 3.63) is 59.9 Å². The van der Waals surface area contributed by atoms with Crippen LogP contribution in [0.4, 0.5) is 13.2 Å². The van der Waals surface area contributed by atoms with Crippen LogP contribution in [0.3, 0.4) is 0 Å². The summed E-state index contributed by atoms with van der Waals surface area (Å²) in [5.41, 5.74) is 0.948. The number of rotatable bonds is 4. The number of carbonyl (C=O) groups is 1. The zero-order chi connectivity index (χ0) is 17.2. The van der Waals surface area contributed by atoms with E-state index in [1.165, 1.54) is 16.9 Å². The van der Waals surface area contributed by atoms with Crippen molar-refractivity contribution in [1.82, 2.24) is 15.1 Å². The topological polar surface area (TPSA) is 46.9 Å². The van der Waals surface area contributed by atoms with E-state index in [0.717, 1.165) is 23.8 Å². The van der Waals surface area contributed by atoms with Crippen molar-refractivity contribution >= 4 is 5.91 Å². The van der Waals surface area contributed by atoms with Gasteiger partial charge in [0, 0.05) is 11.3 Å². The van der Waals surface area contributed by atoms with Gasteiger partial charge in [-0.15, -0.1) is 0 Å². The predicted molar refractivity (Wildman–Crippen MR) is 80.1 cm³/mol. The van der Waals surface area contributed by atoms with Gasteiger partial charge in [-0.2, -0.15) is 18.3 Å². The van der Waals surface area contributed by atoms with Gasteiger partial charge in [0.05, 0.1) is 23.5 Å². The fraction of sp³-hybridized carbons (Fsp3) is 0.250. The van der Waals surface area contributed by atoms with Crippen LogP contribution < -0.4 is 5.32 Å². The molecule has 0 aliphatic rings. The third kappa shape index (κ3) is 3.61. The fourth-order valence-electron chi connectivity index (χ4n) is 2.27. The number of halogens is 3. The minimum Gasteiger partial charge on any atom is -0.346 e. The van der Waals surface area contributed by atoms with E-state index in [9.17, 15) is 18.0 Å². The van der Waals surface area contributed by atoms with E-state index in [-0.39, 0.29) is 11.9 Å². The van der Waals surface area contributed by atoms with Crippen molar-refractivity contribution in [3.8, 4) is 5.69 Å². The molecule has 122 valence electrons. The highest BCUT2D eigenvalue weighted by molar-refractivity contribution is 5.87. The normalized spacial score (nSPS) is 12.7. The second-order valence-electron chi connectivity index (χ2n) is 5.08. The highest BCUT2D eigenvalue weighted by atomic mass is 19.4. The number of nitrogens with one attached hydrogen (secondary N) is 1. The summed E-state index contributed by atoms with van der Waals surface area (Å²) in [5, 5.41) is 6.83. The molecule has 1 N–H and O–H groups in total. The predicted octanol–water partition coefficient (Wildman–Crippen LogP) is 3.56. The van der Waals surface area contributed by atoms with Crippen LogP contribution in [-0.4, -0.2) is 15.7 Å². The Balaban J connectivity index is 2.36. The van der Waals surface area contributed by atoms with Gasteiger partial charge in [-0.25, -0.2) is 4.68 Å². The minimum atomic E-state index is -4.41. The van der Waals surface area contributed by atoms with Crippen molar-refractivity contribution in [2.24, 2.45) is 0 Å². The summed E-state index contributed by atoms with van der Waals surface area (Å²) in [6, 6.07) is 4.60. The van der Waals surface area contributed by atoms with Gasteiger partial charge in [0.25, 0.3) is 0 Å². The molecule has 0 spiro atoms. The van der Waals surface area contributed by atoms with Crippen LogP contribution in [0.1, 0.15) is 29.8 Å². The summed E-state index contributed by atoms with van der Waals surface area (Å²) in [6.07, 6.45) is -1.72. The monoisotopic (exact) mass is 323 g/mol. The van der Waals surface area contributed by atoms with Gasteiger partial charge in [-0.1, -0.05) is 12.6 Å². The third-order valence-corrected chi connectivity index (χ3v) is 3.48. The van der Waals surface area contributed by atoms with Gasteiger partial charge in [-0.05, 0) is 38.1 Å². The van der Waals surface area contributed by atoms with Crippen molar-refractivity contribution in [1.29, 1.82) is 0 Å². The SMILES string of the molecule is C=CC(=O)NC(C)c1cnn(-c2cccc(C(F)(F)F)c2)c1C. The molecule has 2 rings (SSSR count). The quantitative estimate of drug-likeness (QED) is 0.875.